The second-order valence-electron chi connectivity index (χ2n) is 6.85. The zero-order chi connectivity index (χ0) is 20.1. The van der Waals surface area contributed by atoms with Crippen molar-refractivity contribution < 1.29 is 14.4 Å². The van der Waals surface area contributed by atoms with E-state index >= 15 is 0 Å². The molecule has 146 valence electrons. The van der Waals surface area contributed by atoms with Gasteiger partial charge in [-0.3, -0.25) is 14.4 Å². The molecular weight excluding hydrogens is 378 g/mol. The first kappa shape index (κ1) is 19.9. The highest BCUT2D eigenvalue weighted by Crippen LogP contribution is 2.21. The molecule has 2 atom stereocenters. The first-order valence-electron chi connectivity index (χ1n) is 9.15. The largest absolute Gasteiger partial charge is 0.368 e. The van der Waals surface area contributed by atoms with Crippen molar-refractivity contribution in [3.05, 3.63) is 70.7 Å². The molecule has 2 aromatic carbocycles. The molecule has 1 saturated heterocycles. The lowest BCUT2D eigenvalue weighted by molar-refractivity contribution is -0.131. The number of halogens is 1. The SMILES string of the molecule is NC(=O)C(NC(=O)C1CCCN(C(=O)c2ccc(Cl)cc2)C1)c1ccccc1. The number of piperidine rings is 1. The number of nitrogens with two attached hydrogens (primary N) is 1. The summed E-state index contributed by atoms with van der Waals surface area (Å²) in [5.74, 6) is -1.43. The highest BCUT2D eigenvalue weighted by molar-refractivity contribution is 6.30. The van der Waals surface area contributed by atoms with Crippen molar-refractivity contribution in [3.8, 4) is 0 Å². The first-order valence-corrected chi connectivity index (χ1v) is 9.53. The predicted molar refractivity (Wildman–Crippen MR) is 107 cm³/mol. The highest BCUT2D eigenvalue weighted by Gasteiger charge is 2.31. The van der Waals surface area contributed by atoms with E-state index in [2.05, 4.69) is 5.32 Å². The second-order valence-corrected chi connectivity index (χ2v) is 7.29. The van der Waals surface area contributed by atoms with Crippen LogP contribution >= 0.6 is 11.6 Å². The minimum atomic E-state index is -0.893. The Labute approximate surface area is 168 Å². The summed E-state index contributed by atoms with van der Waals surface area (Å²) in [5, 5.41) is 3.30. The minimum absolute atomic E-state index is 0.135. The van der Waals surface area contributed by atoms with Crippen LogP contribution in [0.15, 0.2) is 54.6 Å². The fourth-order valence-electron chi connectivity index (χ4n) is 3.37. The van der Waals surface area contributed by atoms with Gasteiger partial charge in [-0.15, -0.1) is 0 Å². The van der Waals surface area contributed by atoms with Crippen LogP contribution in [0.3, 0.4) is 0 Å². The van der Waals surface area contributed by atoms with Gasteiger partial charge in [0.1, 0.15) is 6.04 Å². The van der Waals surface area contributed by atoms with Gasteiger partial charge >= 0.3 is 0 Å². The monoisotopic (exact) mass is 399 g/mol. The summed E-state index contributed by atoms with van der Waals surface area (Å²) in [5.41, 5.74) is 6.65. The lowest BCUT2D eigenvalue weighted by Gasteiger charge is -2.32. The van der Waals surface area contributed by atoms with E-state index in [-0.39, 0.29) is 11.8 Å². The molecule has 6 nitrogen and oxygen atoms in total. The third kappa shape index (κ3) is 4.70. The van der Waals surface area contributed by atoms with Crippen LogP contribution in [0.25, 0.3) is 0 Å². The summed E-state index contributed by atoms with van der Waals surface area (Å²) in [6, 6.07) is 14.7. The maximum Gasteiger partial charge on any atom is 0.253 e. The Kier molecular flexibility index (Phi) is 6.31. The maximum atomic E-state index is 12.8. The number of amides is 3. The van der Waals surface area contributed by atoms with Crippen LogP contribution in [-0.4, -0.2) is 35.7 Å². The van der Waals surface area contributed by atoms with Gasteiger partial charge in [-0.1, -0.05) is 41.9 Å². The number of nitrogens with zero attached hydrogens (tertiary/aromatic N) is 1. The number of hydrogen-bond donors (Lipinski definition) is 2. The number of hydrogen-bond acceptors (Lipinski definition) is 3. The Morgan fingerprint density at radius 1 is 1.07 bits per heavy atom. The normalized spacial score (nSPS) is 17.6. The maximum absolute atomic E-state index is 12.8. The molecule has 1 aliphatic rings. The summed E-state index contributed by atoms with van der Waals surface area (Å²) < 4.78 is 0. The zero-order valence-corrected chi connectivity index (χ0v) is 16.1. The van der Waals surface area contributed by atoms with E-state index in [0.29, 0.717) is 42.1 Å². The van der Waals surface area contributed by atoms with E-state index < -0.39 is 17.9 Å². The Balaban J connectivity index is 1.67. The summed E-state index contributed by atoms with van der Waals surface area (Å²) >= 11 is 5.88. The molecular formula is C21H22ClN3O3. The third-order valence-corrected chi connectivity index (χ3v) is 5.13. The molecule has 0 bridgehead atoms. The number of nitrogens with one attached hydrogen (secondary N) is 1. The predicted octanol–water partition coefficient (Wildman–Crippen LogP) is 2.54. The molecule has 0 aliphatic carbocycles. The van der Waals surface area contributed by atoms with Crippen LogP contribution in [0, 0.1) is 5.92 Å². The van der Waals surface area contributed by atoms with E-state index in [1.165, 1.54) is 0 Å². The lowest BCUT2D eigenvalue weighted by atomic mass is 9.95. The van der Waals surface area contributed by atoms with Gasteiger partial charge in [0.05, 0.1) is 5.92 Å². The minimum Gasteiger partial charge on any atom is -0.368 e. The first-order chi connectivity index (χ1) is 13.5. The number of primary amides is 1. The molecule has 1 heterocycles. The molecule has 0 aromatic heterocycles. The van der Waals surface area contributed by atoms with E-state index in [4.69, 9.17) is 17.3 Å². The van der Waals surface area contributed by atoms with Crippen LogP contribution in [0.1, 0.15) is 34.8 Å². The summed E-state index contributed by atoms with van der Waals surface area (Å²) in [6.07, 6.45) is 1.36. The van der Waals surface area contributed by atoms with Crippen molar-refractivity contribution >= 4 is 29.3 Å². The average Bonchev–Trinajstić information content (AvgIpc) is 2.72. The molecule has 0 saturated carbocycles. The van der Waals surface area contributed by atoms with E-state index in [9.17, 15) is 14.4 Å². The molecule has 3 rings (SSSR count). The third-order valence-electron chi connectivity index (χ3n) is 4.87. The molecule has 0 radical (unpaired) electrons. The van der Waals surface area contributed by atoms with Gasteiger partial charge < -0.3 is 16.0 Å². The van der Waals surface area contributed by atoms with Gasteiger partial charge in [0.2, 0.25) is 11.8 Å². The Morgan fingerprint density at radius 2 is 1.75 bits per heavy atom. The Hall–Kier alpha value is -2.86. The molecule has 3 amide bonds. The van der Waals surface area contributed by atoms with E-state index in [1.54, 1.807) is 53.4 Å². The van der Waals surface area contributed by atoms with E-state index in [0.717, 1.165) is 0 Å². The number of carbonyl (C=O) groups excluding carboxylic acids is 3. The van der Waals surface area contributed by atoms with Gasteiger partial charge in [0.15, 0.2) is 0 Å². The van der Waals surface area contributed by atoms with Crippen molar-refractivity contribution in [2.75, 3.05) is 13.1 Å². The van der Waals surface area contributed by atoms with Crippen molar-refractivity contribution in [2.45, 2.75) is 18.9 Å². The Morgan fingerprint density at radius 3 is 2.39 bits per heavy atom. The number of likely N-dealkylation sites (tertiary alicyclic amines) is 1. The summed E-state index contributed by atoms with van der Waals surface area (Å²) in [7, 11) is 0. The fraction of sp³-hybridized carbons (Fsp3) is 0.286. The van der Waals surface area contributed by atoms with Crippen LogP contribution < -0.4 is 11.1 Å². The number of benzene rings is 2. The van der Waals surface area contributed by atoms with Gasteiger partial charge in [-0.2, -0.15) is 0 Å². The van der Waals surface area contributed by atoms with Gasteiger partial charge in [0, 0.05) is 23.7 Å². The van der Waals surface area contributed by atoms with Crippen LogP contribution in [0.2, 0.25) is 5.02 Å². The smallest absolute Gasteiger partial charge is 0.253 e. The Bertz CT molecular complexity index is 855. The van der Waals surface area contributed by atoms with E-state index in [1.807, 2.05) is 6.07 Å². The van der Waals surface area contributed by atoms with Crippen molar-refractivity contribution in [3.63, 3.8) is 0 Å². The summed E-state index contributed by atoms with van der Waals surface area (Å²) in [4.78, 5) is 39.0. The highest BCUT2D eigenvalue weighted by atomic mass is 35.5. The van der Waals surface area contributed by atoms with Crippen molar-refractivity contribution in [1.82, 2.24) is 10.2 Å². The molecule has 28 heavy (non-hydrogen) atoms. The van der Waals surface area contributed by atoms with Gasteiger partial charge in [-0.25, -0.2) is 0 Å². The molecule has 1 aliphatic heterocycles. The van der Waals surface area contributed by atoms with Crippen molar-refractivity contribution in [2.24, 2.45) is 11.7 Å². The van der Waals surface area contributed by atoms with Crippen LogP contribution in [0.4, 0.5) is 0 Å². The quantitative estimate of drug-likeness (QED) is 0.809. The zero-order valence-electron chi connectivity index (χ0n) is 15.3. The van der Waals surface area contributed by atoms with Crippen LogP contribution in [-0.2, 0) is 9.59 Å². The second kappa shape index (κ2) is 8.89. The van der Waals surface area contributed by atoms with Crippen molar-refractivity contribution in [1.29, 1.82) is 0 Å². The summed E-state index contributed by atoms with van der Waals surface area (Å²) in [6.45, 7) is 0.886. The molecule has 3 N–H and O–H groups in total. The molecule has 2 aromatic rings. The standard InChI is InChI=1S/C21H22ClN3O3/c22-17-10-8-15(9-11-17)21(28)25-12-4-7-16(13-25)20(27)24-18(19(23)26)14-5-2-1-3-6-14/h1-3,5-6,8-11,16,18H,4,7,12-13H2,(H2,23,26)(H,24,27). The van der Waals surface area contributed by atoms with Gasteiger partial charge in [0.25, 0.3) is 5.91 Å². The molecule has 2 unspecified atom stereocenters. The fourth-order valence-corrected chi connectivity index (χ4v) is 3.50. The number of carbonyl (C=O) groups is 3. The average molecular weight is 400 g/mol. The van der Waals surface area contributed by atoms with Gasteiger partial charge in [-0.05, 0) is 42.7 Å². The van der Waals surface area contributed by atoms with Crippen LogP contribution in [0.5, 0.6) is 0 Å². The molecule has 0 spiro atoms. The topological polar surface area (TPSA) is 92.5 Å². The lowest BCUT2D eigenvalue weighted by Crippen LogP contribution is -2.47. The molecule has 1 fully saturated rings. The number of rotatable bonds is 5. The molecule has 7 heteroatoms.